The lowest BCUT2D eigenvalue weighted by Crippen LogP contribution is -2.43. The number of ether oxygens (including phenoxy) is 2. The van der Waals surface area contributed by atoms with Crippen molar-refractivity contribution < 1.29 is 24.2 Å². The van der Waals surface area contributed by atoms with Gasteiger partial charge < -0.3 is 19.9 Å². The minimum Gasteiger partial charge on any atom is -0.496 e. The number of hydrogen-bond acceptors (Lipinski definition) is 4. The molecule has 6 nitrogen and oxygen atoms in total. The largest absolute Gasteiger partial charge is 0.496 e. The van der Waals surface area contributed by atoms with Crippen molar-refractivity contribution in [3.8, 4) is 16.9 Å². The normalized spacial score (nSPS) is 13.1. The Hall–Kier alpha value is -3.51. The third-order valence-electron chi connectivity index (χ3n) is 5.88. The Kier molecular flexibility index (Phi) is 6.56. The Morgan fingerprint density at radius 2 is 1.67 bits per heavy atom. The monoisotopic (exact) mass is 465 g/mol. The topological polar surface area (TPSA) is 84.9 Å². The van der Waals surface area contributed by atoms with Gasteiger partial charge in [-0.3, -0.25) is 0 Å². The van der Waals surface area contributed by atoms with Crippen LogP contribution < -0.4 is 10.1 Å². The lowest BCUT2D eigenvalue weighted by Gasteiger charge is -2.19. The molecule has 2 N–H and O–H groups in total. The van der Waals surface area contributed by atoms with Gasteiger partial charge in [-0.2, -0.15) is 0 Å². The second-order valence-electron chi connectivity index (χ2n) is 7.98. The first kappa shape index (κ1) is 22.7. The summed E-state index contributed by atoms with van der Waals surface area (Å²) in [4.78, 5) is 24.4. The third kappa shape index (κ3) is 4.66. The molecule has 1 aliphatic rings. The Morgan fingerprint density at radius 3 is 2.24 bits per heavy atom. The van der Waals surface area contributed by atoms with Crippen LogP contribution in [-0.2, 0) is 16.0 Å². The number of aliphatic carboxylic acids is 1. The summed E-state index contributed by atoms with van der Waals surface area (Å²) in [7, 11) is 1.51. The molecule has 4 rings (SSSR count). The number of carbonyl (C=O) groups excluding carboxylic acids is 1. The maximum absolute atomic E-state index is 12.6. The first-order chi connectivity index (χ1) is 15.9. The molecule has 0 heterocycles. The van der Waals surface area contributed by atoms with Crippen LogP contribution in [-0.4, -0.2) is 36.9 Å². The van der Waals surface area contributed by atoms with Gasteiger partial charge in [-0.05, 0) is 52.4 Å². The summed E-state index contributed by atoms with van der Waals surface area (Å²) in [6.07, 6.45) is -0.786. The van der Waals surface area contributed by atoms with E-state index in [1.165, 1.54) is 7.11 Å². The standard InChI is InChI=1S/C26H24ClNO5/c1-15-11-17(27)12-16(24(15)32-2)13-23(25(29)30)28-26(31)33-14-22-20-9-5-3-7-18(20)19-8-4-6-10-21(19)22/h3-12,22-23H,13-14H2,1-2H3,(H,28,31)(H,29,30). The van der Waals surface area contributed by atoms with E-state index in [4.69, 9.17) is 21.1 Å². The predicted molar refractivity (Wildman–Crippen MR) is 126 cm³/mol. The molecule has 1 amide bonds. The van der Waals surface area contributed by atoms with Crippen LogP contribution in [0.25, 0.3) is 11.1 Å². The smallest absolute Gasteiger partial charge is 0.407 e. The minimum atomic E-state index is -1.20. The van der Waals surface area contributed by atoms with E-state index in [1.54, 1.807) is 12.1 Å². The average Bonchev–Trinajstić information content (AvgIpc) is 3.11. The van der Waals surface area contributed by atoms with Crippen LogP contribution >= 0.6 is 11.6 Å². The molecule has 1 atom stereocenters. The molecule has 3 aromatic rings. The fraction of sp³-hybridized carbons (Fsp3) is 0.231. The van der Waals surface area contributed by atoms with Crippen LogP contribution in [0, 0.1) is 6.92 Å². The summed E-state index contributed by atoms with van der Waals surface area (Å²) in [5, 5.41) is 12.6. The van der Waals surface area contributed by atoms with E-state index in [0.29, 0.717) is 16.3 Å². The summed E-state index contributed by atoms with van der Waals surface area (Å²) in [5.74, 6) is -0.745. The first-order valence-electron chi connectivity index (χ1n) is 10.6. The van der Waals surface area contributed by atoms with Gasteiger partial charge in [-0.15, -0.1) is 0 Å². The van der Waals surface area contributed by atoms with Crippen LogP contribution in [0.5, 0.6) is 5.75 Å². The number of aryl methyl sites for hydroxylation is 1. The van der Waals surface area contributed by atoms with Gasteiger partial charge in [0.25, 0.3) is 0 Å². The van der Waals surface area contributed by atoms with Gasteiger partial charge in [-0.25, -0.2) is 9.59 Å². The van der Waals surface area contributed by atoms with E-state index in [9.17, 15) is 14.7 Å². The molecule has 1 unspecified atom stereocenters. The Bertz CT molecular complexity index is 1160. The number of rotatable bonds is 7. The second kappa shape index (κ2) is 9.55. The van der Waals surface area contributed by atoms with Crippen LogP contribution in [0.3, 0.4) is 0 Å². The summed E-state index contributed by atoms with van der Waals surface area (Å²) >= 11 is 6.14. The Morgan fingerprint density at radius 1 is 1.06 bits per heavy atom. The molecule has 170 valence electrons. The summed E-state index contributed by atoms with van der Waals surface area (Å²) in [6, 6.07) is 18.2. The van der Waals surface area contributed by atoms with Crippen LogP contribution in [0.4, 0.5) is 4.79 Å². The molecule has 0 aliphatic heterocycles. The molecule has 1 aliphatic carbocycles. The van der Waals surface area contributed by atoms with Crippen molar-refractivity contribution in [2.24, 2.45) is 0 Å². The number of carboxylic acids is 1. The van der Waals surface area contributed by atoms with Gasteiger partial charge in [0, 0.05) is 17.4 Å². The molecule has 0 saturated heterocycles. The number of carboxylic acid groups (broad SMARTS) is 1. The van der Waals surface area contributed by atoms with Gasteiger partial charge in [-0.1, -0.05) is 60.1 Å². The van der Waals surface area contributed by atoms with E-state index in [0.717, 1.165) is 27.8 Å². The van der Waals surface area contributed by atoms with Gasteiger partial charge in [0.15, 0.2) is 0 Å². The van der Waals surface area contributed by atoms with Crippen molar-refractivity contribution in [3.05, 3.63) is 87.9 Å². The van der Waals surface area contributed by atoms with E-state index in [2.05, 4.69) is 17.4 Å². The number of carbonyl (C=O) groups is 2. The number of alkyl carbamates (subject to hydrolysis) is 1. The molecule has 7 heteroatoms. The van der Waals surface area contributed by atoms with Gasteiger partial charge in [0.2, 0.25) is 0 Å². The van der Waals surface area contributed by atoms with Gasteiger partial charge in [0.05, 0.1) is 7.11 Å². The Labute approximate surface area is 197 Å². The van der Waals surface area contributed by atoms with Crippen LogP contribution in [0.15, 0.2) is 60.7 Å². The number of fused-ring (bicyclic) bond motifs is 3. The molecule has 0 saturated carbocycles. The van der Waals surface area contributed by atoms with Gasteiger partial charge >= 0.3 is 12.1 Å². The van der Waals surface area contributed by atoms with E-state index in [1.807, 2.05) is 43.3 Å². The van der Waals surface area contributed by atoms with Crippen molar-refractivity contribution in [2.75, 3.05) is 13.7 Å². The van der Waals surface area contributed by atoms with Gasteiger partial charge in [0.1, 0.15) is 18.4 Å². The van der Waals surface area contributed by atoms with Crippen LogP contribution in [0.2, 0.25) is 5.02 Å². The van der Waals surface area contributed by atoms with Crippen molar-refractivity contribution in [3.63, 3.8) is 0 Å². The quantitative estimate of drug-likeness (QED) is 0.501. The Balaban J connectivity index is 1.47. The summed E-state index contributed by atoms with van der Waals surface area (Å²) in [6.45, 7) is 1.93. The lowest BCUT2D eigenvalue weighted by molar-refractivity contribution is -0.139. The van der Waals surface area contributed by atoms with Crippen LogP contribution in [0.1, 0.15) is 28.2 Å². The number of methoxy groups -OCH3 is 1. The molecule has 0 fully saturated rings. The van der Waals surface area contributed by atoms with Crippen molar-refractivity contribution in [2.45, 2.75) is 25.3 Å². The zero-order valence-corrected chi connectivity index (χ0v) is 19.1. The maximum atomic E-state index is 12.6. The number of halogens is 1. The first-order valence-corrected chi connectivity index (χ1v) is 10.9. The second-order valence-corrected chi connectivity index (χ2v) is 8.42. The molecule has 0 radical (unpaired) electrons. The summed E-state index contributed by atoms with van der Waals surface area (Å²) < 4.78 is 10.9. The number of hydrogen-bond donors (Lipinski definition) is 2. The molecule has 3 aromatic carbocycles. The van der Waals surface area contributed by atoms with E-state index >= 15 is 0 Å². The lowest BCUT2D eigenvalue weighted by atomic mass is 9.98. The molecule has 0 bridgehead atoms. The zero-order chi connectivity index (χ0) is 23.5. The third-order valence-corrected chi connectivity index (χ3v) is 6.10. The molecule has 0 aromatic heterocycles. The van der Waals surface area contributed by atoms with E-state index < -0.39 is 18.1 Å². The number of benzene rings is 3. The summed E-state index contributed by atoms with van der Waals surface area (Å²) in [5.41, 5.74) is 5.78. The molecular weight excluding hydrogens is 442 g/mol. The maximum Gasteiger partial charge on any atom is 0.407 e. The molecule has 0 spiro atoms. The molecule has 33 heavy (non-hydrogen) atoms. The average molecular weight is 466 g/mol. The fourth-order valence-electron chi connectivity index (χ4n) is 4.45. The van der Waals surface area contributed by atoms with Crippen molar-refractivity contribution in [1.29, 1.82) is 0 Å². The molecular formula is C26H24ClNO5. The SMILES string of the molecule is COc1c(C)cc(Cl)cc1CC(NC(=O)OCC1c2ccccc2-c2ccccc21)C(=O)O. The zero-order valence-electron chi connectivity index (χ0n) is 18.3. The van der Waals surface area contributed by atoms with Crippen molar-refractivity contribution in [1.82, 2.24) is 5.32 Å². The highest BCUT2D eigenvalue weighted by Crippen LogP contribution is 2.44. The van der Waals surface area contributed by atoms with E-state index in [-0.39, 0.29) is 18.9 Å². The fourth-order valence-corrected chi connectivity index (χ4v) is 4.74. The number of amides is 1. The highest BCUT2D eigenvalue weighted by atomic mass is 35.5. The van der Waals surface area contributed by atoms with Crippen molar-refractivity contribution >= 4 is 23.7 Å². The number of nitrogens with one attached hydrogen (secondary N) is 1. The highest BCUT2D eigenvalue weighted by Gasteiger charge is 2.30. The minimum absolute atomic E-state index is 0.00407. The predicted octanol–water partition coefficient (Wildman–Crippen LogP) is 5.19. The highest BCUT2D eigenvalue weighted by molar-refractivity contribution is 6.30.